The zero-order valence-corrected chi connectivity index (χ0v) is 15.5. The summed E-state index contributed by atoms with van der Waals surface area (Å²) in [5.41, 5.74) is 0. The van der Waals surface area contributed by atoms with Crippen molar-refractivity contribution in [2.24, 2.45) is 5.92 Å². The van der Waals surface area contributed by atoms with E-state index < -0.39 is 5.92 Å². The van der Waals surface area contributed by atoms with Crippen LogP contribution >= 0.6 is 23.8 Å². The van der Waals surface area contributed by atoms with Crippen LogP contribution in [0.5, 0.6) is 0 Å². The summed E-state index contributed by atoms with van der Waals surface area (Å²) in [5.74, 6) is -0.775. The van der Waals surface area contributed by atoms with E-state index >= 15 is 0 Å². The van der Waals surface area contributed by atoms with Gasteiger partial charge < -0.3 is 20.1 Å². The Morgan fingerprint density at radius 2 is 2.28 bits per heavy atom. The van der Waals surface area contributed by atoms with Gasteiger partial charge in [0.05, 0.1) is 23.7 Å². The Labute approximate surface area is 156 Å². The number of nitrogens with zero attached hydrogens (tertiary/aromatic N) is 1. The van der Waals surface area contributed by atoms with E-state index in [0.717, 1.165) is 0 Å². The zero-order chi connectivity index (χ0) is 18.4. The van der Waals surface area contributed by atoms with Gasteiger partial charge in [-0.15, -0.1) is 0 Å². The van der Waals surface area contributed by atoms with Crippen LogP contribution in [0.15, 0.2) is 18.3 Å². The monoisotopic (exact) mass is 385 g/mol. The molecule has 1 saturated heterocycles. The molecule has 2 atom stereocenters. The number of pyridine rings is 1. The van der Waals surface area contributed by atoms with Crippen LogP contribution in [0.25, 0.3) is 0 Å². The highest BCUT2D eigenvalue weighted by Crippen LogP contribution is 2.24. The number of hydrogen-bond donors (Lipinski definition) is 2. The van der Waals surface area contributed by atoms with Crippen LogP contribution in [0, 0.1) is 5.92 Å². The lowest BCUT2D eigenvalue weighted by atomic mass is 10.0. The lowest BCUT2D eigenvalue weighted by Crippen LogP contribution is -2.35. The van der Waals surface area contributed by atoms with Crippen LogP contribution < -0.4 is 10.6 Å². The molecular weight excluding hydrogens is 366 g/mol. The molecule has 0 radical (unpaired) electrons. The minimum atomic E-state index is -0.489. The number of cyclic esters (lactones) is 1. The van der Waals surface area contributed by atoms with Crippen LogP contribution in [0.2, 0.25) is 5.02 Å². The molecule has 0 saturated carbocycles. The van der Waals surface area contributed by atoms with Crippen LogP contribution in [-0.4, -0.2) is 40.8 Å². The highest BCUT2D eigenvalue weighted by molar-refractivity contribution is 7.80. The summed E-state index contributed by atoms with van der Waals surface area (Å²) in [4.78, 5) is 27.9. The molecule has 2 N–H and O–H groups in total. The Kier molecular flexibility index (Phi) is 7.10. The fraction of sp³-hybridized carbons (Fsp3) is 0.500. The van der Waals surface area contributed by atoms with Crippen molar-refractivity contribution >= 4 is 46.6 Å². The molecule has 0 unspecified atom stereocenters. The average Bonchev–Trinajstić information content (AvgIpc) is 2.87. The second-order valence-corrected chi connectivity index (χ2v) is 6.79. The Bertz CT molecular complexity index is 639. The number of esters is 1. The van der Waals surface area contributed by atoms with Crippen molar-refractivity contribution in [3.05, 3.63) is 23.4 Å². The van der Waals surface area contributed by atoms with Gasteiger partial charge in [0.2, 0.25) is 5.91 Å². The third-order valence-corrected chi connectivity index (χ3v) is 3.86. The van der Waals surface area contributed by atoms with E-state index in [9.17, 15) is 9.59 Å². The van der Waals surface area contributed by atoms with Crippen molar-refractivity contribution in [2.45, 2.75) is 38.9 Å². The molecule has 0 aliphatic carbocycles. The van der Waals surface area contributed by atoms with Gasteiger partial charge in [-0.3, -0.25) is 9.59 Å². The van der Waals surface area contributed by atoms with Crippen molar-refractivity contribution in [1.29, 1.82) is 0 Å². The first-order valence-corrected chi connectivity index (χ1v) is 8.66. The number of anilines is 1. The van der Waals surface area contributed by atoms with Crippen molar-refractivity contribution in [3.8, 4) is 0 Å². The highest BCUT2D eigenvalue weighted by Gasteiger charge is 2.36. The number of rotatable bonds is 6. The number of amides is 1. The van der Waals surface area contributed by atoms with Gasteiger partial charge in [-0.1, -0.05) is 11.6 Å². The lowest BCUT2D eigenvalue weighted by molar-refractivity contribution is -0.147. The minimum absolute atomic E-state index is 0.00682. The summed E-state index contributed by atoms with van der Waals surface area (Å²) in [6.07, 6.45) is 1.68. The molecule has 1 amide bonds. The van der Waals surface area contributed by atoms with E-state index in [4.69, 9.17) is 33.3 Å². The molecule has 25 heavy (non-hydrogen) atoms. The van der Waals surface area contributed by atoms with Crippen LogP contribution in [0.3, 0.4) is 0 Å². The number of thiocarbonyl (C=S) groups is 1. The van der Waals surface area contributed by atoms with Gasteiger partial charge in [-0.05, 0) is 38.2 Å². The third-order valence-electron chi connectivity index (χ3n) is 3.43. The summed E-state index contributed by atoms with van der Waals surface area (Å²) >= 11 is 10.8. The van der Waals surface area contributed by atoms with E-state index in [1.54, 1.807) is 12.1 Å². The molecule has 1 fully saturated rings. The number of carbonyl (C=O) groups is 2. The fourth-order valence-electron chi connectivity index (χ4n) is 2.29. The molecule has 2 rings (SSSR count). The smallest absolute Gasteiger partial charge is 0.309 e. The second-order valence-electron chi connectivity index (χ2n) is 5.94. The van der Waals surface area contributed by atoms with Gasteiger partial charge in [0.15, 0.2) is 5.11 Å². The molecule has 0 aromatic carbocycles. The molecular formula is C16H20ClN3O4S. The number of ether oxygens (including phenoxy) is 2. The molecule has 7 nitrogen and oxygen atoms in total. The largest absolute Gasteiger partial charge is 0.460 e. The maximum atomic E-state index is 12.1. The Balaban J connectivity index is 1.76. The Morgan fingerprint density at radius 3 is 2.92 bits per heavy atom. The Morgan fingerprint density at radius 1 is 1.52 bits per heavy atom. The zero-order valence-electron chi connectivity index (χ0n) is 14.0. The first kappa shape index (κ1) is 19.6. The van der Waals surface area contributed by atoms with Crippen molar-refractivity contribution < 1.29 is 19.1 Å². The van der Waals surface area contributed by atoms with Crippen LogP contribution in [-0.2, 0) is 19.1 Å². The summed E-state index contributed by atoms with van der Waals surface area (Å²) < 4.78 is 10.7. The lowest BCUT2D eigenvalue weighted by Gasteiger charge is -2.12. The number of aromatic nitrogens is 1. The summed E-state index contributed by atoms with van der Waals surface area (Å²) in [6.45, 7) is 4.15. The molecule has 1 aromatic rings. The number of halogens is 1. The summed E-state index contributed by atoms with van der Waals surface area (Å²) in [7, 11) is 0. The number of nitrogens with one attached hydrogen (secondary N) is 2. The average molecular weight is 386 g/mol. The van der Waals surface area contributed by atoms with Crippen LogP contribution in [0.4, 0.5) is 5.82 Å². The van der Waals surface area contributed by atoms with E-state index in [2.05, 4.69) is 15.6 Å². The first-order chi connectivity index (χ1) is 11.8. The van der Waals surface area contributed by atoms with Crippen molar-refractivity contribution in [1.82, 2.24) is 10.3 Å². The van der Waals surface area contributed by atoms with Gasteiger partial charge in [-0.2, -0.15) is 0 Å². The molecule has 1 aromatic heterocycles. The molecule has 1 aliphatic heterocycles. The molecule has 9 heteroatoms. The standard InChI is InChI=1S/C16H20ClN3O4S/c1-9(2)23-8-12-5-10(15(22)24-12)6-14(21)20-16(25)19-13-4-3-11(17)7-18-13/h3-4,7,9-10,12H,5-6,8H2,1-2H3,(H2,18,19,20,21,25)/t10-,12+/m1/s1. The SMILES string of the molecule is CC(C)OC[C@@H]1C[C@H](CC(=O)NC(=S)Nc2ccc(Cl)cn2)C(=O)O1. The van der Waals surface area contributed by atoms with E-state index in [1.165, 1.54) is 6.20 Å². The summed E-state index contributed by atoms with van der Waals surface area (Å²) in [5, 5.41) is 5.90. The van der Waals surface area contributed by atoms with Crippen LogP contribution in [0.1, 0.15) is 26.7 Å². The first-order valence-electron chi connectivity index (χ1n) is 7.88. The number of hydrogen-bond acceptors (Lipinski definition) is 6. The van der Waals surface area contributed by atoms with Crippen molar-refractivity contribution in [3.63, 3.8) is 0 Å². The van der Waals surface area contributed by atoms with Gasteiger partial charge in [-0.25, -0.2) is 4.98 Å². The van der Waals surface area contributed by atoms with E-state index in [0.29, 0.717) is 23.9 Å². The normalized spacial score (nSPS) is 19.6. The van der Waals surface area contributed by atoms with Gasteiger partial charge in [0, 0.05) is 19.0 Å². The predicted molar refractivity (Wildman–Crippen MR) is 97.3 cm³/mol. The van der Waals surface area contributed by atoms with Crippen molar-refractivity contribution in [2.75, 3.05) is 11.9 Å². The maximum Gasteiger partial charge on any atom is 0.309 e. The molecule has 1 aliphatic rings. The topological polar surface area (TPSA) is 89.5 Å². The molecule has 0 bridgehead atoms. The third kappa shape index (κ3) is 6.56. The Hall–Kier alpha value is -1.77. The molecule has 0 spiro atoms. The minimum Gasteiger partial charge on any atom is -0.460 e. The van der Waals surface area contributed by atoms with E-state index in [1.807, 2.05) is 13.8 Å². The van der Waals surface area contributed by atoms with Gasteiger partial charge in [0.25, 0.3) is 0 Å². The van der Waals surface area contributed by atoms with Gasteiger partial charge in [0.1, 0.15) is 11.9 Å². The second kappa shape index (κ2) is 9.07. The van der Waals surface area contributed by atoms with Gasteiger partial charge >= 0.3 is 5.97 Å². The molecule has 2 heterocycles. The molecule has 136 valence electrons. The predicted octanol–water partition coefficient (Wildman–Crippen LogP) is 2.29. The maximum absolute atomic E-state index is 12.1. The summed E-state index contributed by atoms with van der Waals surface area (Å²) in [6, 6.07) is 3.28. The van der Waals surface area contributed by atoms with E-state index in [-0.39, 0.29) is 35.6 Å². The quantitative estimate of drug-likeness (QED) is 0.573. The highest BCUT2D eigenvalue weighted by atomic mass is 35.5. The fourth-order valence-corrected chi connectivity index (χ4v) is 2.62. The number of carbonyl (C=O) groups excluding carboxylic acids is 2.